The van der Waals surface area contributed by atoms with Crippen LogP contribution in [0.3, 0.4) is 0 Å². The number of sulfone groups is 1. The van der Waals surface area contributed by atoms with E-state index in [0.29, 0.717) is 23.7 Å². The lowest BCUT2D eigenvalue weighted by Gasteiger charge is -2.20. The summed E-state index contributed by atoms with van der Waals surface area (Å²) < 4.78 is 36.6. The van der Waals surface area contributed by atoms with Gasteiger partial charge < -0.3 is 0 Å². The highest BCUT2D eigenvalue weighted by molar-refractivity contribution is 9.09. The minimum Gasteiger partial charge on any atom is -0.229 e. The minimum atomic E-state index is -2.87. The molecule has 1 heterocycles. The van der Waals surface area contributed by atoms with Crippen molar-refractivity contribution in [3.8, 4) is 0 Å². The Labute approximate surface area is 116 Å². The van der Waals surface area contributed by atoms with E-state index in [1.54, 1.807) is 12.1 Å². The number of alkyl halides is 1. The molecule has 2 rings (SSSR count). The van der Waals surface area contributed by atoms with Crippen molar-refractivity contribution in [2.24, 2.45) is 11.8 Å². The molecule has 5 heteroatoms. The number of benzene rings is 1. The fourth-order valence-electron chi connectivity index (χ4n) is 2.49. The first kappa shape index (κ1) is 14.0. The molecule has 0 saturated carbocycles. The molecular formula is C13H16BrFO2S. The number of hydrogen-bond donors (Lipinski definition) is 0. The highest BCUT2D eigenvalue weighted by Gasteiger charge is 2.33. The van der Waals surface area contributed by atoms with Crippen LogP contribution in [0.25, 0.3) is 0 Å². The van der Waals surface area contributed by atoms with E-state index >= 15 is 0 Å². The predicted molar refractivity (Wildman–Crippen MR) is 74.1 cm³/mol. The van der Waals surface area contributed by atoms with Crippen LogP contribution in [0.5, 0.6) is 0 Å². The monoisotopic (exact) mass is 334 g/mol. The molecule has 2 unspecified atom stereocenters. The molecule has 0 N–H and O–H groups in total. The van der Waals surface area contributed by atoms with Gasteiger partial charge in [0.15, 0.2) is 9.84 Å². The van der Waals surface area contributed by atoms with Crippen molar-refractivity contribution in [3.05, 3.63) is 35.6 Å². The molecule has 0 amide bonds. The molecule has 1 aromatic carbocycles. The predicted octanol–water partition coefficient (Wildman–Crippen LogP) is 2.81. The largest absolute Gasteiger partial charge is 0.229 e. The molecule has 1 aromatic rings. The van der Waals surface area contributed by atoms with Gasteiger partial charge in [-0.3, -0.25) is 0 Å². The summed E-state index contributed by atoms with van der Waals surface area (Å²) in [6, 6.07) is 6.71. The topological polar surface area (TPSA) is 34.1 Å². The van der Waals surface area contributed by atoms with Crippen LogP contribution in [0.1, 0.15) is 12.0 Å². The van der Waals surface area contributed by atoms with Crippen LogP contribution in [-0.4, -0.2) is 25.3 Å². The van der Waals surface area contributed by atoms with E-state index in [1.165, 1.54) is 6.07 Å². The molecule has 0 radical (unpaired) electrons. The maximum atomic E-state index is 13.6. The molecular weight excluding hydrogens is 319 g/mol. The van der Waals surface area contributed by atoms with Crippen molar-refractivity contribution < 1.29 is 12.8 Å². The molecule has 1 aliphatic rings. The quantitative estimate of drug-likeness (QED) is 0.793. The zero-order valence-corrected chi connectivity index (χ0v) is 12.4. The molecule has 0 bridgehead atoms. The van der Waals surface area contributed by atoms with Gasteiger partial charge in [0.1, 0.15) is 5.82 Å². The van der Waals surface area contributed by atoms with Crippen LogP contribution in [0.15, 0.2) is 24.3 Å². The average Bonchev–Trinajstić information content (AvgIpc) is 2.68. The Balaban J connectivity index is 2.09. The van der Waals surface area contributed by atoms with Crippen LogP contribution >= 0.6 is 15.9 Å². The maximum Gasteiger partial charge on any atom is 0.150 e. The summed E-state index contributed by atoms with van der Waals surface area (Å²) in [7, 11) is -2.87. The zero-order chi connectivity index (χ0) is 13.2. The van der Waals surface area contributed by atoms with E-state index < -0.39 is 9.84 Å². The van der Waals surface area contributed by atoms with Crippen molar-refractivity contribution >= 4 is 25.8 Å². The third-order valence-electron chi connectivity index (χ3n) is 3.57. The molecule has 2 atom stereocenters. The summed E-state index contributed by atoms with van der Waals surface area (Å²) in [6.07, 6.45) is 1.30. The van der Waals surface area contributed by atoms with Crippen LogP contribution in [0, 0.1) is 17.7 Å². The standard InChI is InChI=1S/C13H16BrFO2S/c14-8-12(11-5-6-18(16,17)9-11)7-10-3-1-2-4-13(10)15/h1-4,11-12H,5-9H2. The van der Waals surface area contributed by atoms with Gasteiger partial charge >= 0.3 is 0 Å². The lowest BCUT2D eigenvalue weighted by atomic mass is 9.88. The Bertz CT molecular complexity index is 515. The first-order valence-corrected chi connectivity index (χ1v) is 8.96. The molecule has 0 spiro atoms. The molecule has 2 nitrogen and oxygen atoms in total. The third-order valence-corrected chi connectivity index (χ3v) is 6.20. The van der Waals surface area contributed by atoms with Gasteiger partial charge in [0.25, 0.3) is 0 Å². The lowest BCUT2D eigenvalue weighted by molar-refractivity contribution is 0.396. The molecule has 1 aliphatic heterocycles. The van der Waals surface area contributed by atoms with E-state index in [2.05, 4.69) is 15.9 Å². The van der Waals surface area contributed by atoms with Gasteiger partial charge in [-0.2, -0.15) is 0 Å². The van der Waals surface area contributed by atoms with Gasteiger partial charge in [-0.15, -0.1) is 0 Å². The summed E-state index contributed by atoms with van der Waals surface area (Å²) in [5, 5.41) is 0.710. The third kappa shape index (κ3) is 3.32. The highest BCUT2D eigenvalue weighted by Crippen LogP contribution is 2.30. The van der Waals surface area contributed by atoms with E-state index in [1.807, 2.05) is 6.07 Å². The molecule has 1 saturated heterocycles. The molecule has 0 aliphatic carbocycles. The first-order chi connectivity index (χ1) is 8.52. The van der Waals surface area contributed by atoms with Crippen molar-refractivity contribution in [1.29, 1.82) is 0 Å². The van der Waals surface area contributed by atoms with E-state index in [4.69, 9.17) is 0 Å². The van der Waals surface area contributed by atoms with Crippen LogP contribution in [0.4, 0.5) is 4.39 Å². The van der Waals surface area contributed by atoms with Crippen LogP contribution < -0.4 is 0 Å². The average molecular weight is 335 g/mol. The van der Waals surface area contributed by atoms with Gasteiger partial charge in [-0.1, -0.05) is 34.1 Å². The fourth-order valence-corrected chi connectivity index (χ4v) is 5.17. The fraction of sp³-hybridized carbons (Fsp3) is 0.538. The molecule has 0 aromatic heterocycles. The smallest absolute Gasteiger partial charge is 0.150 e. The van der Waals surface area contributed by atoms with Crippen molar-refractivity contribution in [1.82, 2.24) is 0 Å². The second-order valence-electron chi connectivity index (χ2n) is 4.87. The maximum absolute atomic E-state index is 13.6. The lowest BCUT2D eigenvalue weighted by Crippen LogP contribution is -2.20. The number of hydrogen-bond acceptors (Lipinski definition) is 2. The van der Waals surface area contributed by atoms with Gasteiger partial charge in [0, 0.05) is 5.33 Å². The van der Waals surface area contributed by atoms with Gasteiger partial charge in [0.2, 0.25) is 0 Å². The normalized spacial score (nSPS) is 24.0. The summed E-state index contributed by atoms with van der Waals surface area (Å²) >= 11 is 3.43. The summed E-state index contributed by atoms with van der Waals surface area (Å²) in [4.78, 5) is 0. The van der Waals surface area contributed by atoms with E-state index in [-0.39, 0.29) is 29.2 Å². The molecule has 18 heavy (non-hydrogen) atoms. The van der Waals surface area contributed by atoms with Crippen molar-refractivity contribution in [3.63, 3.8) is 0 Å². The van der Waals surface area contributed by atoms with E-state index in [9.17, 15) is 12.8 Å². The Morgan fingerprint density at radius 2 is 2.11 bits per heavy atom. The van der Waals surface area contributed by atoms with Gasteiger partial charge in [-0.05, 0) is 36.3 Å². The Morgan fingerprint density at radius 1 is 1.39 bits per heavy atom. The summed E-state index contributed by atoms with van der Waals surface area (Å²) in [5.74, 6) is 0.647. The molecule has 1 fully saturated rings. The van der Waals surface area contributed by atoms with Crippen molar-refractivity contribution in [2.75, 3.05) is 16.8 Å². The summed E-state index contributed by atoms with van der Waals surface area (Å²) in [6.45, 7) is 0. The first-order valence-electron chi connectivity index (χ1n) is 6.01. The Hall–Kier alpha value is -0.420. The number of rotatable bonds is 4. The molecule has 100 valence electrons. The van der Waals surface area contributed by atoms with Crippen LogP contribution in [-0.2, 0) is 16.3 Å². The number of halogens is 2. The Kier molecular flexibility index (Phi) is 4.43. The van der Waals surface area contributed by atoms with E-state index in [0.717, 1.165) is 0 Å². The summed E-state index contributed by atoms with van der Waals surface area (Å²) in [5.41, 5.74) is 0.672. The zero-order valence-electron chi connectivity index (χ0n) is 9.98. The van der Waals surface area contributed by atoms with Crippen molar-refractivity contribution in [2.45, 2.75) is 12.8 Å². The Morgan fingerprint density at radius 3 is 2.67 bits per heavy atom. The van der Waals surface area contributed by atoms with Gasteiger partial charge in [-0.25, -0.2) is 12.8 Å². The SMILES string of the molecule is O=S1(=O)CCC(C(CBr)Cc2ccccc2F)C1. The van der Waals surface area contributed by atoms with Crippen LogP contribution in [0.2, 0.25) is 0 Å². The van der Waals surface area contributed by atoms with Gasteiger partial charge in [0.05, 0.1) is 11.5 Å². The highest BCUT2D eigenvalue weighted by atomic mass is 79.9. The minimum absolute atomic E-state index is 0.147. The second kappa shape index (κ2) is 5.70. The second-order valence-corrected chi connectivity index (χ2v) is 7.75.